The largest absolute Gasteiger partial charge is 0.492 e. The fraction of sp³-hybridized carbons (Fsp3) is 0.500. The van der Waals surface area contributed by atoms with Crippen molar-refractivity contribution < 1.29 is 19.0 Å². The molecule has 1 amide bonds. The van der Waals surface area contributed by atoms with E-state index in [4.69, 9.17) is 14.2 Å². The molecule has 1 saturated heterocycles. The van der Waals surface area contributed by atoms with Crippen molar-refractivity contribution in [2.45, 2.75) is 39.5 Å². The Bertz CT molecular complexity index is 1290. The predicted octanol–water partition coefficient (Wildman–Crippen LogP) is 4.20. The number of benzene rings is 1. The van der Waals surface area contributed by atoms with Crippen molar-refractivity contribution in [2.24, 2.45) is 11.8 Å². The third kappa shape index (κ3) is 5.09. The van der Waals surface area contributed by atoms with Crippen LogP contribution in [0, 0.1) is 17.8 Å². The van der Waals surface area contributed by atoms with Crippen LogP contribution in [0.5, 0.6) is 17.2 Å². The minimum atomic E-state index is -0.130. The summed E-state index contributed by atoms with van der Waals surface area (Å²) in [7, 11) is 0. The summed E-state index contributed by atoms with van der Waals surface area (Å²) in [5.74, 6) is 4.29. The number of amides is 1. The van der Waals surface area contributed by atoms with Gasteiger partial charge in [-0.05, 0) is 62.1 Å². The summed E-state index contributed by atoms with van der Waals surface area (Å²) in [6.07, 6.45) is 7.89. The second kappa shape index (κ2) is 10.2. The molecule has 9 nitrogen and oxygen atoms in total. The van der Waals surface area contributed by atoms with Crippen LogP contribution in [0.25, 0.3) is 22.3 Å². The summed E-state index contributed by atoms with van der Waals surface area (Å²) in [4.78, 5) is 28.0. The van der Waals surface area contributed by atoms with E-state index < -0.39 is 0 Å². The quantitative estimate of drug-likeness (QED) is 0.450. The van der Waals surface area contributed by atoms with E-state index >= 15 is 0 Å². The molecule has 195 valence electrons. The lowest BCUT2D eigenvalue weighted by Crippen LogP contribution is -2.42. The third-order valence-electron chi connectivity index (χ3n) is 7.31. The number of aromatic nitrogens is 3. The summed E-state index contributed by atoms with van der Waals surface area (Å²) >= 11 is 0. The Morgan fingerprint density at radius 3 is 2.92 bits per heavy atom. The SMILES string of the molecule is C[C](C)CN1CCCC(CNC(=O)c2c[nH]c3c(-c4c(OCC5CC5)ccc5c4OCO5)ncnc23)C1. The Kier molecular flexibility index (Phi) is 6.63. The Labute approximate surface area is 216 Å². The second-order valence-electron chi connectivity index (χ2n) is 10.7. The molecule has 1 aliphatic carbocycles. The Balaban J connectivity index is 1.24. The molecule has 4 heterocycles. The molecule has 1 saturated carbocycles. The molecule has 2 fully saturated rings. The first kappa shape index (κ1) is 24.0. The van der Waals surface area contributed by atoms with Gasteiger partial charge in [-0.15, -0.1) is 0 Å². The zero-order valence-corrected chi connectivity index (χ0v) is 21.5. The van der Waals surface area contributed by atoms with Crippen LogP contribution in [-0.2, 0) is 0 Å². The maximum Gasteiger partial charge on any atom is 0.255 e. The maximum absolute atomic E-state index is 13.2. The van der Waals surface area contributed by atoms with E-state index in [1.807, 2.05) is 12.1 Å². The van der Waals surface area contributed by atoms with Crippen LogP contribution in [0.3, 0.4) is 0 Å². The van der Waals surface area contributed by atoms with Crippen molar-refractivity contribution in [1.82, 2.24) is 25.2 Å². The number of likely N-dealkylation sites (tertiary alicyclic amines) is 1. The third-order valence-corrected chi connectivity index (χ3v) is 7.31. The smallest absolute Gasteiger partial charge is 0.255 e. The van der Waals surface area contributed by atoms with Crippen molar-refractivity contribution in [3.05, 3.63) is 36.1 Å². The molecule has 2 N–H and O–H groups in total. The van der Waals surface area contributed by atoms with Crippen LogP contribution in [-0.4, -0.2) is 65.3 Å². The summed E-state index contributed by atoms with van der Waals surface area (Å²) < 4.78 is 17.6. The van der Waals surface area contributed by atoms with Gasteiger partial charge in [0.2, 0.25) is 6.79 Å². The van der Waals surface area contributed by atoms with E-state index in [0.717, 1.165) is 38.0 Å². The van der Waals surface area contributed by atoms with Crippen molar-refractivity contribution in [1.29, 1.82) is 0 Å². The fourth-order valence-electron chi connectivity index (χ4n) is 5.33. The Hall–Kier alpha value is -3.33. The summed E-state index contributed by atoms with van der Waals surface area (Å²) in [6, 6.07) is 3.77. The standard InChI is InChI=1S/C28H34N5O4/c1-17(2)12-33-9-3-4-19(13-33)10-30-28(34)20-11-29-26-24(20)31-15-32-25(26)23-21(35-14-18-5-6-18)7-8-22-27(23)37-16-36-22/h7-8,11,15,18-19,29H,3-6,9-10,12-14,16H2,1-2H3,(H,30,34). The molecule has 3 aromatic rings. The van der Waals surface area contributed by atoms with E-state index in [-0.39, 0.29) is 12.7 Å². The van der Waals surface area contributed by atoms with Crippen molar-refractivity contribution in [3.63, 3.8) is 0 Å². The van der Waals surface area contributed by atoms with Gasteiger partial charge in [0.25, 0.3) is 5.91 Å². The highest BCUT2D eigenvalue weighted by atomic mass is 16.7. The monoisotopic (exact) mass is 504 g/mol. The lowest BCUT2D eigenvalue weighted by atomic mass is 9.97. The number of aromatic amines is 1. The van der Waals surface area contributed by atoms with E-state index in [2.05, 4.69) is 39.0 Å². The van der Waals surface area contributed by atoms with Gasteiger partial charge in [0.05, 0.1) is 23.3 Å². The van der Waals surface area contributed by atoms with Gasteiger partial charge >= 0.3 is 0 Å². The molecular weight excluding hydrogens is 470 g/mol. The van der Waals surface area contributed by atoms with Gasteiger partial charge in [-0.25, -0.2) is 9.97 Å². The molecule has 1 radical (unpaired) electrons. The van der Waals surface area contributed by atoms with E-state index in [0.29, 0.717) is 64.5 Å². The van der Waals surface area contributed by atoms with Crippen LogP contribution in [0.2, 0.25) is 0 Å². The highest BCUT2D eigenvalue weighted by molar-refractivity contribution is 6.08. The number of hydrogen-bond acceptors (Lipinski definition) is 7. The zero-order valence-electron chi connectivity index (χ0n) is 21.5. The van der Waals surface area contributed by atoms with Gasteiger partial charge in [-0.2, -0.15) is 0 Å². The summed E-state index contributed by atoms with van der Waals surface area (Å²) in [5.41, 5.74) is 3.11. The Morgan fingerprint density at radius 2 is 2.08 bits per heavy atom. The van der Waals surface area contributed by atoms with E-state index in [9.17, 15) is 4.79 Å². The van der Waals surface area contributed by atoms with Gasteiger partial charge in [0.15, 0.2) is 11.5 Å². The zero-order chi connectivity index (χ0) is 25.4. The van der Waals surface area contributed by atoms with Crippen molar-refractivity contribution in [2.75, 3.05) is 39.6 Å². The molecule has 1 aromatic carbocycles. The molecule has 1 atom stereocenters. The number of piperidine rings is 1. The van der Waals surface area contributed by atoms with Crippen LogP contribution < -0.4 is 19.5 Å². The first-order chi connectivity index (χ1) is 18.1. The van der Waals surface area contributed by atoms with Crippen LogP contribution >= 0.6 is 0 Å². The van der Waals surface area contributed by atoms with E-state index in [1.165, 1.54) is 25.1 Å². The predicted molar refractivity (Wildman–Crippen MR) is 140 cm³/mol. The van der Waals surface area contributed by atoms with Gasteiger partial charge in [0.1, 0.15) is 23.3 Å². The number of rotatable bonds is 9. The highest BCUT2D eigenvalue weighted by Crippen LogP contribution is 2.48. The van der Waals surface area contributed by atoms with Crippen molar-refractivity contribution >= 4 is 16.9 Å². The minimum Gasteiger partial charge on any atom is -0.492 e. The highest BCUT2D eigenvalue weighted by Gasteiger charge is 2.29. The number of H-pyrrole nitrogens is 1. The average molecular weight is 505 g/mol. The number of hydrogen-bond donors (Lipinski definition) is 2. The lowest BCUT2D eigenvalue weighted by molar-refractivity contribution is 0.0935. The van der Waals surface area contributed by atoms with E-state index in [1.54, 1.807) is 6.20 Å². The minimum absolute atomic E-state index is 0.130. The number of carbonyl (C=O) groups excluding carboxylic acids is 1. The number of nitrogens with one attached hydrogen (secondary N) is 2. The molecule has 9 heteroatoms. The maximum atomic E-state index is 13.2. The molecular formula is C28H34N5O4. The average Bonchev–Trinajstić information content (AvgIpc) is 3.41. The first-order valence-corrected chi connectivity index (χ1v) is 13.2. The van der Waals surface area contributed by atoms with Gasteiger partial charge in [-0.3, -0.25) is 4.79 Å². The number of fused-ring (bicyclic) bond motifs is 2. The fourth-order valence-corrected chi connectivity index (χ4v) is 5.33. The lowest BCUT2D eigenvalue weighted by Gasteiger charge is -2.33. The van der Waals surface area contributed by atoms with Crippen LogP contribution in [0.1, 0.15) is 49.9 Å². The molecule has 1 unspecified atom stereocenters. The summed E-state index contributed by atoms with van der Waals surface area (Å²) in [6.45, 7) is 8.96. The molecule has 2 aromatic heterocycles. The number of carbonyl (C=O) groups is 1. The van der Waals surface area contributed by atoms with Gasteiger partial charge in [-0.1, -0.05) is 13.8 Å². The number of nitrogens with zero attached hydrogens (tertiary/aromatic N) is 3. The molecule has 0 spiro atoms. The second-order valence-corrected chi connectivity index (χ2v) is 10.7. The topological polar surface area (TPSA) is 102 Å². The molecule has 0 bridgehead atoms. The van der Waals surface area contributed by atoms with Crippen LogP contribution in [0.4, 0.5) is 0 Å². The number of ether oxygens (including phenoxy) is 3. The molecule has 2 aliphatic heterocycles. The Morgan fingerprint density at radius 1 is 1.19 bits per heavy atom. The summed E-state index contributed by atoms with van der Waals surface area (Å²) in [5, 5.41) is 3.15. The molecule has 37 heavy (non-hydrogen) atoms. The molecule has 3 aliphatic rings. The normalized spacial score (nSPS) is 19.5. The van der Waals surface area contributed by atoms with Gasteiger partial charge < -0.3 is 29.4 Å². The van der Waals surface area contributed by atoms with Gasteiger partial charge in [0, 0.05) is 25.8 Å². The first-order valence-electron chi connectivity index (χ1n) is 13.2. The molecule has 6 rings (SSSR count). The van der Waals surface area contributed by atoms with Crippen LogP contribution in [0.15, 0.2) is 24.7 Å². The van der Waals surface area contributed by atoms with Crippen molar-refractivity contribution in [3.8, 4) is 28.5 Å².